The van der Waals surface area contributed by atoms with Gasteiger partial charge in [0, 0.05) is 6.54 Å². The number of thioether (sulfide) groups is 1. The summed E-state index contributed by atoms with van der Waals surface area (Å²) in [6.07, 6.45) is 0. The van der Waals surface area contributed by atoms with Crippen molar-refractivity contribution < 1.29 is 9.53 Å². The molecule has 0 radical (unpaired) electrons. The molecule has 1 aromatic rings. The number of ether oxygens (including phenoxy) is 1. The van der Waals surface area contributed by atoms with Crippen LogP contribution in [-0.4, -0.2) is 23.9 Å². The van der Waals surface area contributed by atoms with E-state index in [1.54, 1.807) is 7.11 Å². The number of nitrogens with one attached hydrogen (secondary N) is 1. The van der Waals surface area contributed by atoms with E-state index in [0.717, 1.165) is 23.1 Å². The van der Waals surface area contributed by atoms with Crippen LogP contribution >= 0.6 is 11.8 Å². The molecule has 0 aromatic heterocycles. The van der Waals surface area contributed by atoms with E-state index in [-0.39, 0.29) is 16.8 Å². The first kappa shape index (κ1) is 14.2. The zero-order chi connectivity index (χ0) is 13.4. The van der Waals surface area contributed by atoms with Crippen LogP contribution < -0.4 is 21.6 Å². The predicted octanol–water partition coefficient (Wildman–Crippen LogP) is 0.233. The number of hydrogen-bond donors (Lipinski definition) is 3. The Hall–Kier alpha value is -1.89. The lowest BCUT2D eigenvalue weighted by atomic mass is 10.2. The van der Waals surface area contributed by atoms with E-state index < -0.39 is 0 Å². The number of carbonyl (C=O) groups excluding carboxylic acids is 1. The third-order valence-corrected chi connectivity index (χ3v) is 2.91. The van der Waals surface area contributed by atoms with Crippen molar-refractivity contribution in [2.45, 2.75) is 6.54 Å². The van der Waals surface area contributed by atoms with Gasteiger partial charge in [-0.2, -0.15) is 5.10 Å². The number of amides is 1. The van der Waals surface area contributed by atoms with Crippen LogP contribution in [0.4, 0.5) is 0 Å². The molecule has 0 atom stereocenters. The molecule has 1 amide bonds. The number of amidine groups is 1. The van der Waals surface area contributed by atoms with Crippen molar-refractivity contribution >= 4 is 22.8 Å². The van der Waals surface area contributed by atoms with Gasteiger partial charge >= 0.3 is 0 Å². The summed E-state index contributed by atoms with van der Waals surface area (Å²) in [5, 5.41) is 6.21. The molecule has 0 aliphatic heterocycles. The molecule has 18 heavy (non-hydrogen) atoms. The van der Waals surface area contributed by atoms with Gasteiger partial charge in [0.15, 0.2) is 5.17 Å². The Morgan fingerprint density at radius 1 is 1.56 bits per heavy atom. The van der Waals surface area contributed by atoms with Crippen molar-refractivity contribution in [3.63, 3.8) is 0 Å². The molecule has 0 unspecified atom stereocenters. The average molecular weight is 268 g/mol. The summed E-state index contributed by atoms with van der Waals surface area (Å²) < 4.78 is 5.09. The molecule has 0 spiro atoms. The minimum atomic E-state index is -0.130. The Bertz CT molecular complexity index is 437. The van der Waals surface area contributed by atoms with Gasteiger partial charge in [0.1, 0.15) is 5.75 Å². The van der Waals surface area contributed by atoms with E-state index in [2.05, 4.69) is 10.4 Å². The van der Waals surface area contributed by atoms with Crippen molar-refractivity contribution in [2.75, 3.05) is 12.9 Å². The number of hydrazone groups is 1. The summed E-state index contributed by atoms with van der Waals surface area (Å²) in [7, 11) is 1.60. The Labute approximate surface area is 110 Å². The minimum absolute atomic E-state index is 0.130. The molecule has 98 valence electrons. The zero-order valence-electron chi connectivity index (χ0n) is 10.1. The SMILES string of the molecule is COc1cccc(CNC(=O)CSC(N)=NN)c1. The van der Waals surface area contributed by atoms with E-state index in [4.69, 9.17) is 16.3 Å². The van der Waals surface area contributed by atoms with E-state index in [0.29, 0.717) is 6.54 Å². The van der Waals surface area contributed by atoms with Crippen LogP contribution in [0.25, 0.3) is 0 Å². The number of hydrogen-bond acceptors (Lipinski definition) is 5. The number of nitrogens with zero attached hydrogens (tertiary/aromatic N) is 1. The zero-order valence-corrected chi connectivity index (χ0v) is 10.9. The lowest BCUT2D eigenvalue weighted by molar-refractivity contribution is -0.118. The Morgan fingerprint density at radius 3 is 3.00 bits per heavy atom. The molecule has 0 saturated heterocycles. The Kier molecular flexibility index (Phi) is 5.86. The highest BCUT2D eigenvalue weighted by atomic mass is 32.2. The summed E-state index contributed by atoms with van der Waals surface area (Å²) in [6, 6.07) is 7.49. The van der Waals surface area contributed by atoms with Gasteiger partial charge < -0.3 is 21.6 Å². The van der Waals surface area contributed by atoms with Crippen LogP contribution in [0, 0.1) is 0 Å². The van der Waals surface area contributed by atoms with Crippen LogP contribution in [0.3, 0.4) is 0 Å². The normalized spacial score (nSPS) is 11.1. The third-order valence-electron chi connectivity index (χ3n) is 2.10. The summed E-state index contributed by atoms with van der Waals surface area (Å²) in [5.41, 5.74) is 6.32. The summed E-state index contributed by atoms with van der Waals surface area (Å²) in [4.78, 5) is 11.5. The maximum absolute atomic E-state index is 11.5. The van der Waals surface area contributed by atoms with Gasteiger partial charge in [0.2, 0.25) is 5.91 Å². The van der Waals surface area contributed by atoms with Gasteiger partial charge in [0.05, 0.1) is 12.9 Å². The molecule has 0 fully saturated rings. The number of benzene rings is 1. The highest BCUT2D eigenvalue weighted by molar-refractivity contribution is 8.14. The lowest BCUT2D eigenvalue weighted by Gasteiger charge is -2.06. The quantitative estimate of drug-likeness (QED) is 0.307. The molecule has 0 heterocycles. The first-order valence-corrected chi connectivity index (χ1v) is 6.20. The van der Waals surface area contributed by atoms with E-state index in [9.17, 15) is 4.79 Å². The van der Waals surface area contributed by atoms with Crippen LogP contribution in [0.2, 0.25) is 0 Å². The van der Waals surface area contributed by atoms with Gasteiger partial charge in [-0.05, 0) is 17.7 Å². The molecule has 0 bridgehead atoms. The molecule has 1 aromatic carbocycles. The summed E-state index contributed by atoms with van der Waals surface area (Å²) >= 11 is 1.09. The van der Waals surface area contributed by atoms with Crippen molar-refractivity contribution in [3.05, 3.63) is 29.8 Å². The van der Waals surface area contributed by atoms with Gasteiger partial charge in [-0.25, -0.2) is 0 Å². The second kappa shape index (κ2) is 7.44. The highest BCUT2D eigenvalue weighted by Crippen LogP contribution is 2.12. The predicted molar refractivity (Wildman–Crippen MR) is 73.1 cm³/mol. The van der Waals surface area contributed by atoms with Gasteiger partial charge in [-0.1, -0.05) is 23.9 Å². The molecule has 5 N–H and O–H groups in total. The first-order valence-electron chi connectivity index (χ1n) is 5.21. The van der Waals surface area contributed by atoms with Crippen LogP contribution in [-0.2, 0) is 11.3 Å². The molecule has 1 rings (SSSR count). The van der Waals surface area contributed by atoms with Crippen molar-refractivity contribution in [2.24, 2.45) is 16.7 Å². The third kappa shape index (κ3) is 4.96. The second-order valence-electron chi connectivity index (χ2n) is 3.38. The molecular weight excluding hydrogens is 252 g/mol. The largest absolute Gasteiger partial charge is 0.497 e. The molecule has 0 aliphatic carbocycles. The van der Waals surface area contributed by atoms with Crippen molar-refractivity contribution in [1.29, 1.82) is 0 Å². The highest BCUT2D eigenvalue weighted by Gasteiger charge is 2.04. The summed E-state index contributed by atoms with van der Waals surface area (Å²) in [5.74, 6) is 5.77. The molecule has 6 nitrogen and oxygen atoms in total. The van der Waals surface area contributed by atoms with Crippen LogP contribution in [0.15, 0.2) is 29.4 Å². The Morgan fingerprint density at radius 2 is 2.33 bits per heavy atom. The molecule has 7 heteroatoms. The monoisotopic (exact) mass is 268 g/mol. The maximum atomic E-state index is 11.5. The number of methoxy groups -OCH3 is 1. The van der Waals surface area contributed by atoms with Crippen LogP contribution in [0.1, 0.15) is 5.56 Å². The second-order valence-corrected chi connectivity index (χ2v) is 4.38. The fourth-order valence-corrected chi connectivity index (χ4v) is 1.67. The van der Waals surface area contributed by atoms with E-state index in [1.807, 2.05) is 24.3 Å². The maximum Gasteiger partial charge on any atom is 0.230 e. The van der Waals surface area contributed by atoms with E-state index >= 15 is 0 Å². The minimum Gasteiger partial charge on any atom is -0.497 e. The average Bonchev–Trinajstić information content (AvgIpc) is 2.42. The lowest BCUT2D eigenvalue weighted by Crippen LogP contribution is -2.26. The first-order chi connectivity index (χ1) is 8.65. The fourth-order valence-electron chi connectivity index (χ4n) is 1.21. The standard InChI is InChI=1S/C11H16N4O2S/c1-17-9-4-2-3-8(5-9)6-14-10(16)7-18-11(12)15-13/h2-5H,6-7,13H2,1H3,(H2,12,15)(H,14,16). The molecule has 0 saturated carbocycles. The molecular formula is C11H16N4O2S. The van der Waals surface area contributed by atoms with Gasteiger partial charge in [-0.15, -0.1) is 0 Å². The summed E-state index contributed by atoms with van der Waals surface area (Å²) in [6.45, 7) is 0.441. The van der Waals surface area contributed by atoms with Crippen LogP contribution in [0.5, 0.6) is 5.75 Å². The van der Waals surface area contributed by atoms with Gasteiger partial charge in [-0.3, -0.25) is 4.79 Å². The number of rotatable bonds is 5. The topological polar surface area (TPSA) is 103 Å². The van der Waals surface area contributed by atoms with E-state index in [1.165, 1.54) is 0 Å². The Balaban J connectivity index is 2.37. The smallest absolute Gasteiger partial charge is 0.230 e. The number of carbonyl (C=O) groups is 1. The van der Waals surface area contributed by atoms with Crippen molar-refractivity contribution in [1.82, 2.24) is 5.32 Å². The number of nitrogens with two attached hydrogens (primary N) is 2. The van der Waals surface area contributed by atoms with Gasteiger partial charge in [0.25, 0.3) is 0 Å². The molecule has 0 aliphatic rings. The van der Waals surface area contributed by atoms with Crippen molar-refractivity contribution in [3.8, 4) is 5.75 Å². The fraction of sp³-hybridized carbons (Fsp3) is 0.273.